The van der Waals surface area contributed by atoms with Gasteiger partial charge in [0.15, 0.2) is 17.3 Å². The molecule has 0 atom stereocenters. The Balaban J connectivity index is 1.23. The van der Waals surface area contributed by atoms with Crippen LogP contribution in [-0.2, 0) is 0 Å². The summed E-state index contributed by atoms with van der Waals surface area (Å²) in [5.41, 5.74) is 2.01. The zero-order valence-electron chi connectivity index (χ0n) is 17.6. The molecule has 0 saturated carbocycles. The van der Waals surface area contributed by atoms with Crippen LogP contribution in [0.4, 0.5) is 5.69 Å². The first-order valence-corrected chi connectivity index (χ1v) is 11.3. The lowest BCUT2D eigenvalue weighted by molar-refractivity contribution is 0.101. The van der Waals surface area contributed by atoms with E-state index in [4.69, 9.17) is 9.47 Å². The lowest BCUT2D eigenvalue weighted by Crippen LogP contribution is -2.46. The summed E-state index contributed by atoms with van der Waals surface area (Å²) >= 11 is 1.83. The van der Waals surface area contributed by atoms with Crippen LogP contribution in [-0.4, -0.2) is 57.1 Å². The highest BCUT2D eigenvalue weighted by atomic mass is 32.1. The summed E-state index contributed by atoms with van der Waals surface area (Å²) in [5.74, 6) is 1.32. The second-order valence-electron chi connectivity index (χ2n) is 7.57. The van der Waals surface area contributed by atoms with Crippen LogP contribution in [0.1, 0.15) is 23.7 Å². The number of ketones is 1. The summed E-state index contributed by atoms with van der Waals surface area (Å²) in [5, 5.41) is 3.66. The molecule has 0 radical (unpaired) electrons. The number of piperazine rings is 1. The molecule has 2 aromatic carbocycles. The molecule has 0 aliphatic carbocycles. The van der Waals surface area contributed by atoms with E-state index in [1.54, 1.807) is 26.2 Å². The number of ether oxygens (including phenoxy) is 2. The molecule has 0 spiro atoms. The molecule has 4 rings (SSSR count). The van der Waals surface area contributed by atoms with Gasteiger partial charge in [-0.2, -0.15) is 0 Å². The molecular weight excluding hydrogens is 396 g/mol. The highest BCUT2D eigenvalue weighted by molar-refractivity contribution is 7.17. The molecule has 1 saturated heterocycles. The zero-order chi connectivity index (χ0) is 20.9. The van der Waals surface area contributed by atoms with E-state index in [0.717, 1.165) is 39.1 Å². The third kappa shape index (κ3) is 4.60. The fourth-order valence-electron chi connectivity index (χ4n) is 3.90. The van der Waals surface area contributed by atoms with Gasteiger partial charge in [0.2, 0.25) is 0 Å². The van der Waals surface area contributed by atoms with Gasteiger partial charge in [-0.15, -0.1) is 11.3 Å². The normalized spacial score (nSPS) is 14.8. The van der Waals surface area contributed by atoms with Crippen molar-refractivity contribution in [3.05, 3.63) is 53.4 Å². The average Bonchev–Trinajstić information content (AvgIpc) is 3.21. The number of rotatable bonds is 8. The molecule has 0 amide bonds. The van der Waals surface area contributed by atoms with Crippen molar-refractivity contribution in [3.63, 3.8) is 0 Å². The highest BCUT2D eigenvalue weighted by Gasteiger charge is 2.19. The Bertz CT molecular complexity index is 1010. The van der Waals surface area contributed by atoms with Crippen LogP contribution in [0.5, 0.6) is 11.5 Å². The first-order chi connectivity index (χ1) is 14.7. The number of thiophene rings is 1. The van der Waals surface area contributed by atoms with Crippen molar-refractivity contribution in [1.82, 2.24) is 4.90 Å². The van der Waals surface area contributed by atoms with E-state index in [2.05, 4.69) is 39.4 Å². The van der Waals surface area contributed by atoms with Crippen LogP contribution in [0, 0.1) is 0 Å². The second-order valence-corrected chi connectivity index (χ2v) is 8.48. The maximum atomic E-state index is 11.5. The Morgan fingerprint density at radius 1 is 1.07 bits per heavy atom. The number of nitrogens with zero attached hydrogens (tertiary/aromatic N) is 2. The Morgan fingerprint density at radius 3 is 2.63 bits per heavy atom. The number of anilines is 1. The van der Waals surface area contributed by atoms with Crippen molar-refractivity contribution in [1.29, 1.82) is 0 Å². The fraction of sp³-hybridized carbons (Fsp3) is 0.375. The van der Waals surface area contributed by atoms with Gasteiger partial charge in [-0.1, -0.05) is 18.2 Å². The van der Waals surface area contributed by atoms with Crippen LogP contribution >= 0.6 is 11.3 Å². The van der Waals surface area contributed by atoms with E-state index in [0.29, 0.717) is 23.7 Å². The molecule has 0 N–H and O–H groups in total. The SMILES string of the molecule is COc1cc(C(C)=O)ccc1OCCCN1CCN(c2csc3ccccc23)CC1. The quantitative estimate of drug-likeness (QED) is 0.387. The highest BCUT2D eigenvalue weighted by Crippen LogP contribution is 2.33. The predicted octanol–water partition coefficient (Wildman–Crippen LogP) is 4.70. The van der Waals surface area contributed by atoms with Gasteiger partial charge >= 0.3 is 0 Å². The minimum absolute atomic E-state index is 0.0226. The minimum Gasteiger partial charge on any atom is -0.493 e. The lowest BCUT2D eigenvalue weighted by atomic mass is 10.1. The molecule has 5 nitrogen and oxygen atoms in total. The number of benzene rings is 2. The van der Waals surface area contributed by atoms with Gasteiger partial charge in [-0.3, -0.25) is 9.69 Å². The maximum Gasteiger partial charge on any atom is 0.161 e. The topological polar surface area (TPSA) is 42.0 Å². The molecule has 1 aliphatic heterocycles. The molecule has 2 heterocycles. The number of carbonyl (C=O) groups is 1. The van der Waals surface area contributed by atoms with Crippen LogP contribution in [0.2, 0.25) is 0 Å². The smallest absolute Gasteiger partial charge is 0.161 e. The summed E-state index contributed by atoms with van der Waals surface area (Å²) in [4.78, 5) is 16.5. The molecule has 158 valence electrons. The van der Waals surface area contributed by atoms with Crippen LogP contribution in [0.15, 0.2) is 47.8 Å². The van der Waals surface area contributed by atoms with E-state index in [-0.39, 0.29) is 5.78 Å². The van der Waals surface area contributed by atoms with Crippen molar-refractivity contribution in [2.75, 3.05) is 51.3 Å². The first kappa shape index (κ1) is 20.7. The number of Topliss-reactive ketones (excluding diaryl/α,β-unsaturated/α-hetero) is 1. The van der Waals surface area contributed by atoms with Crippen molar-refractivity contribution in [2.45, 2.75) is 13.3 Å². The predicted molar refractivity (Wildman–Crippen MR) is 124 cm³/mol. The number of hydrogen-bond donors (Lipinski definition) is 0. The van der Waals surface area contributed by atoms with E-state index in [1.165, 1.54) is 15.8 Å². The van der Waals surface area contributed by atoms with Gasteiger partial charge < -0.3 is 14.4 Å². The van der Waals surface area contributed by atoms with Crippen LogP contribution in [0.25, 0.3) is 10.1 Å². The van der Waals surface area contributed by atoms with Gasteiger partial charge in [0.05, 0.1) is 19.4 Å². The zero-order valence-corrected chi connectivity index (χ0v) is 18.4. The van der Waals surface area contributed by atoms with E-state index in [9.17, 15) is 4.79 Å². The van der Waals surface area contributed by atoms with Crippen molar-refractivity contribution in [3.8, 4) is 11.5 Å². The fourth-order valence-corrected chi connectivity index (χ4v) is 4.87. The van der Waals surface area contributed by atoms with E-state index < -0.39 is 0 Å². The summed E-state index contributed by atoms with van der Waals surface area (Å²) in [7, 11) is 1.60. The standard InChI is InChI=1S/C24H28N2O3S/c1-18(27)19-8-9-22(23(16-19)28-2)29-15-5-10-25-11-13-26(14-12-25)21-17-30-24-7-4-3-6-20(21)24/h3-4,6-9,16-17H,5,10-15H2,1-2H3. The summed E-state index contributed by atoms with van der Waals surface area (Å²) < 4.78 is 12.6. The summed E-state index contributed by atoms with van der Waals surface area (Å²) in [6.07, 6.45) is 0.957. The largest absolute Gasteiger partial charge is 0.493 e. The maximum absolute atomic E-state index is 11.5. The van der Waals surface area contributed by atoms with E-state index in [1.807, 2.05) is 17.4 Å². The number of fused-ring (bicyclic) bond motifs is 1. The lowest BCUT2D eigenvalue weighted by Gasteiger charge is -2.35. The van der Waals surface area contributed by atoms with Crippen molar-refractivity contribution >= 4 is 32.9 Å². The second kappa shape index (κ2) is 9.49. The van der Waals surface area contributed by atoms with Crippen LogP contribution < -0.4 is 14.4 Å². The Kier molecular flexibility index (Phi) is 6.55. The Labute approximate surface area is 181 Å². The number of methoxy groups -OCH3 is 1. The molecule has 3 aromatic rings. The Hall–Kier alpha value is -2.57. The molecule has 1 aromatic heterocycles. The van der Waals surface area contributed by atoms with Gasteiger partial charge in [-0.05, 0) is 37.6 Å². The molecule has 0 unspecified atom stereocenters. The average molecular weight is 425 g/mol. The molecule has 1 aliphatic rings. The molecule has 30 heavy (non-hydrogen) atoms. The van der Waals surface area contributed by atoms with Crippen molar-refractivity contribution < 1.29 is 14.3 Å². The van der Waals surface area contributed by atoms with E-state index >= 15 is 0 Å². The van der Waals surface area contributed by atoms with Crippen molar-refractivity contribution in [2.24, 2.45) is 0 Å². The van der Waals surface area contributed by atoms with Gasteiger partial charge in [0, 0.05) is 53.8 Å². The van der Waals surface area contributed by atoms with Gasteiger partial charge in [-0.25, -0.2) is 0 Å². The van der Waals surface area contributed by atoms with Gasteiger partial charge in [0.25, 0.3) is 0 Å². The molecular formula is C24H28N2O3S. The summed E-state index contributed by atoms with van der Waals surface area (Å²) in [6.45, 7) is 7.46. The molecule has 0 bridgehead atoms. The number of hydrogen-bond acceptors (Lipinski definition) is 6. The minimum atomic E-state index is 0.0226. The molecule has 6 heteroatoms. The first-order valence-electron chi connectivity index (χ1n) is 10.4. The van der Waals surface area contributed by atoms with Gasteiger partial charge in [0.1, 0.15) is 0 Å². The third-order valence-electron chi connectivity index (χ3n) is 5.62. The van der Waals surface area contributed by atoms with Crippen LogP contribution in [0.3, 0.4) is 0 Å². The summed E-state index contributed by atoms with van der Waals surface area (Å²) in [6, 6.07) is 14.0. The monoisotopic (exact) mass is 424 g/mol. The third-order valence-corrected chi connectivity index (χ3v) is 6.57. The number of carbonyl (C=O) groups excluding carboxylic acids is 1. The Morgan fingerprint density at radius 2 is 1.87 bits per heavy atom. The molecule has 1 fully saturated rings.